The highest BCUT2D eigenvalue weighted by Gasteiger charge is 2.32. The molecule has 2 aromatic carbocycles. The van der Waals surface area contributed by atoms with Crippen LogP contribution in [-0.2, 0) is 9.59 Å². The molecule has 0 saturated carbocycles. The molecule has 1 aliphatic rings. The first-order chi connectivity index (χ1) is 16.0. The van der Waals surface area contributed by atoms with Crippen LogP contribution in [0.4, 0.5) is 0 Å². The first-order valence-electron chi connectivity index (χ1n) is 11.9. The SMILES string of the molecule is CCC(=O)CCCCC[C@H](NC(=O)C1CN(C)C1)c1nnc(-c2ccc3ccccc3c2)o1. The van der Waals surface area contributed by atoms with E-state index in [-0.39, 0.29) is 17.9 Å². The van der Waals surface area contributed by atoms with Gasteiger partial charge in [-0.05, 0) is 42.8 Å². The maximum absolute atomic E-state index is 12.7. The number of carbonyl (C=O) groups is 2. The molecule has 1 aliphatic heterocycles. The minimum absolute atomic E-state index is 0.00237. The summed E-state index contributed by atoms with van der Waals surface area (Å²) < 4.78 is 6.05. The van der Waals surface area contributed by atoms with Crippen molar-refractivity contribution < 1.29 is 14.0 Å². The van der Waals surface area contributed by atoms with Crippen LogP contribution >= 0.6 is 0 Å². The molecule has 33 heavy (non-hydrogen) atoms. The van der Waals surface area contributed by atoms with E-state index in [1.165, 1.54) is 0 Å². The molecule has 1 saturated heterocycles. The van der Waals surface area contributed by atoms with Gasteiger partial charge >= 0.3 is 0 Å². The molecule has 0 bridgehead atoms. The molecule has 0 radical (unpaired) electrons. The molecule has 7 nitrogen and oxygen atoms in total. The number of nitrogens with zero attached hydrogens (tertiary/aromatic N) is 3. The first-order valence-corrected chi connectivity index (χ1v) is 11.9. The molecule has 7 heteroatoms. The van der Waals surface area contributed by atoms with Gasteiger partial charge in [0.2, 0.25) is 17.7 Å². The summed E-state index contributed by atoms with van der Waals surface area (Å²) in [7, 11) is 2.01. The molecule has 3 aromatic rings. The number of aromatic nitrogens is 2. The Kier molecular flexibility index (Phi) is 7.50. The minimum Gasteiger partial charge on any atom is -0.418 e. The average Bonchev–Trinajstić information content (AvgIpc) is 3.30. The van der Waals surface area contributed by atoms with Crippen molar-refractivity contribution in [2.45, 2.75) is 51.5 Å². The molecule has 0 unspecified atom stereocenters. The molecule has 1 N–H and O–H groups in total. The molecular formula is C26H32N4O3. The van der Waals surface area contributed by atoms with Gasteiger partial charge in [0.05, 0.1) is 5.92 Å². The summed E-state index contributed by atoms with van der Waals surface area (Å²) in [6.45, 7) is 3.43. The van der Waals surface area contributed by atoms with Crippen molar-refractivity contribution in [1.82, 2.24) is 20.4 Å². The second-order valence-corrected chi connectivity index (χ2v) is 8.98. The van der Waals surface area contributed by atoms with Gasteiger partial charge in [0.25, 0.3) is 0 Å². The molecule has 0 aliphatic carbocycles. The van der Waals surface area contributed by atoms with Gasteiger partial charge < -0.3 is 14.6 Å². The number of nitrogens with one attached hydrogen (secondary N) is 1. The van der Waals surface area contributed by atoms with Crippen molar-refractivity contribution >= 4 is 22.5 Å². The van der Waals surface area contributed by atoms with E-state index >= 15 is 0 Å². The standard InChI is InChI=1S/C26H32N4O3/c1-3-22(31)11-5-4-6-12-23(27-24(32)21-16-30(2)17-21)26-29-28-25(33-26)20-14-13-18-9-7-8-10-19(18)15-20/h7-10,13-15,21,23H,3-6,11-12,16-17H2,1-2H3,(H,27,32)/t23-/m0/s1. The second-order valence-electron chi connectivity index (χ2n) is 8.98. The van der Waals surface area contributed by atoms with Crippen molar-refractivity contribution in [3.05, 3.63) is 48.4 Å². The zero-order valence-electron chi connectivity index (χ0n) is 19.4. The lowest BCUT2D eigenvalue weighted by Crippen LogP contribution is -2.52. The van der Waals surface area contributed by atoms with E-state index in [0.29, 0.717) is 36.8 Å². The normalized spacial score (nSPS) is 15.3. The highest BCUT2D eigenvalue weighted by molar-refractivity contribution is 5.86. The molecule has 0 spiro atoms. The Morgan fingerprint density at radius 3 is 2.64 bits per heavy atom. The molecule has 1 amide bonds. The third-order valence-corrected chi connectivity index (χ3v) is 6.33. The van der Waals surface area contributed by atoms with Crippen molar-refractivity contribution in [1.29, 1.82) is 0 Å². The van der Waals surface area contributed by atoms with Gasteiger partial charge in [0.15, 0.2) is 0 Å². The Balaban J connectivity index is 1.45. The number of hydrogen-bond donors (Lipinski definition) is 1. The molecule has 4 rings (SSSR count). The van der Waals surface area contributed by atoms with E-state index in [9.17, 15) is 9.59 Å². The topological polar surface area (TPSA) is 88.3 Å². The summed E-state index contributed by atoms with van der Waals surface area (Å²) in [5.41, 5.74) is 0.858. The lowest BCUT2D eigenvalue weighted by atomic mass is 9.99. The molecule has 1 fully saturated rings. The van der Waals surface area contributed by atoms with Gasteiger partial charge in [-0.1, -0.05) is 50.1 Å². The number of hydrogen-bond acceptors (Lipinski definition) is 6. The first kappa shape index (κ1) is 23.1. The monoisotopic (exact) mass is 448 g/mol. The summed E-state index contributed by atoms with van der Waals surface area (Å²) in [5.74, 6) is 1.22. The Labute approximate surface area is 194 Å². The summed E-state index contributed by atoms with van der Waals surface area (Å²) in [6.07, 6.45) is 4.58. The fraction of sp³-hybridized carbons (Fsp3) is 0.462. The van der Waals surface area contributed by atoms with Crippen molar-refractivity contribution in [2.24, 2.45) is 5.92 Å². The Morgan fingerprint density at radius 2 is 1.88 bits per heavy atom. The maximum atomic E-state index is 12.7. The average molecular weight is 449 g/mol. The lowest BCUT2D eigenvalue weighted by Gasteiger charge is -2.35. The van der Waals surface area contributed by atoms with Gasteiger partial charge in [-0.15, -0.1) is 10.2 Å². The summed E-state index contributed by atoms with van der Waals surface area (Å²) in [4.78, 5) is 26.4. The number of ketones is 1. The largest absolute Gasteiger partial charge is 0.418 e. The molecule has 174 valence electrons. The summed E-state index contributed by atoms with van der Waals surface area (Å²) in [5, 5.41) is 13.9. The van der Waals surface area contributed by atoms with E-state index in [2.05, 4.69) is 32.5 Å². The second kappa shape index (κ2) is 10.7. The van der Waals surface area contributed by atoms with Crippen LogP contribution in [0.1, 0.15) is 57.4 Å². The highest BCUT2D eigenvalue weighted by atomic mass is 16.4. The van der Waals surface area contributed by atoms with Crippen molar-refractivity contribution in [2.75, 3.05) is 20.1 Å². The predicted octanol–water partition coefficient (Wildman–Crippen LogP) is 4.54. The van der Waals surface area contributed by atoms with Crippen LogP contribution in [0.2, 0.25) is 0 Å². The predicted molar refractivity (Wildman–Crippen MR) is 127 cm³/mol. The molecular weight excluding hydrogens is 416 g/mol. The number of amides is 1. The van der Waals surface area contributed by atoms with Gasteiger partial charge in [-0.25, -0.2) is 0 Å². The van der Waals surface area contributed by atoms with Crippen LogP contribution in [0.5, 0.6) is 0 Å². The quantitative estimate of drug-likeness (QED) is 0.433. The van der Waals surface area contributed by atoms with E-state index < -0.39 is 0 Å². The zero-order valence-corrected chi connectivity index (χ0v) is 19.4. The fourth-order valence-corrected chi connectivity index (χ4v) is 4.25. The van der Waals surface area contributed by atoms with E-state index in [1.807, 2.05) is 44.3 Å². The number of rotatable bonds is 11. The Hall–Kier alpha value is -3.06. The van der Waals surface area contributed by atoms with Crippen LogP contribution in [-0.4, -0.2) is 46.9 Å². The summed E-state index contributed by atoms with van der Waals surface area (Å²) in [6, 6.07) is 13.9. The van der Waals surface area contributed by atoms with Crippen molar-refractivity contribution in [3.63, 3.8) is 0 Å². The molecule has 1 atom stereocenters. The third-order valence-electron chi connectivity index (χ3n) is 6.33. The lowest BCUT2D eigenvalue weighted by molar-refractivity contribution is -0.130. The molecule has 1 aromatic heterocycles. The number of benzene rings is 2. The number of carbonyl (C=O) groups excluding carboxylic acids is 2. The third kappa shape index (κ3) is 5.85. The highest BCUT2D eigenvalue weighted by Crippen LogP contribution is 2.27. The van der Waals surface area contributed by atoms with Crippen LogP contribution in [0.15, 0.2) is 46.9 Å². The number of Topliss-reactive ketones (excluding diaryl/α,β-unsaturated/α-hetero) is 1. The number of likely N-dealkylation sites (tertiary alicyclic amines) is 1. The van der Waals surface area contributed by atoms with Crippen molar-refractivity contribution in [3.8, 4) is 11.5 Å². The summed E-state index contributed by atoms with van der Waals surface area (Å²) >= 11 is 0. The van der Waals surface area contributed by atoms with Crippen LogP contribution in [0, 0.1) is 5.92 Å². The van der Waals surface area contributed by atoms with Gasteiger partial charge in [0.1, 0.15) is 11.8 Å². The van der Waals surface area contributed by atoms with Gasteiger partial charge in [-0.3, -0.25) is 9.59 Å². The smallest absolute Gasteiger partial charge is 0.247 e. The maximum Gasteiger partial charge on any atom is 0.247 e. The zero-order chi connectivity index (χ0) is 23.2. The molecule has 2 heterocycles. The van der Waals surface area contributed by atoms with Crippen LogP contribution in [0.25, 0.3) is 22.2 Å². The Bertz CT molecular complexity index is 1100. The number of unbranched alkanes of at least 4 members (excludes halogenated alkanes) is 2. The fourth-order valence-electron chi connectivity index (χ4n) is 4.25. The minimum atomic E-state index is -0.327. The van der Waals surface area contributed by atoms with Crippen LogP contribution in [0.3, 0.4) is 0 Å². The van der Waals surface area contributed by atoms with E-state index in [1.54, 1.807) is 0 Å². The Morgan fingerprint density at radius 1 is 1.09 bits per heavy atom. The van der Waals surface area contributed by atoms with Gasteiger partial charge in [0, 0.05) is 31.5 Å². The number of fused-ring (bicyclic) bond motifs is 1. The van der Waals surface area contributed by atoms with Crippen LogP contribution < -0.4 is 5.32 Å². The van der Waals surface area contributed by atoms with E-state index in [4.69, 9.17) is 4.42 Å². The van der Waals surface area contributed by atoms with E-state index in [0.717, 1.165) is 48.7 Å². The van der Waals surface area contributed by atoms with Gasteiger partial charge in [-0.2, -0.15) is 0 Å².